The van der Waals surface area contributed by atoms with Gasteiger partial charge < -0.3 is 15.7 Å². The molecule has 8 heteroatoms. The Morgan fingerprint density at radius 3 is 2.64 bits per heavy atom. The predicted molar refractivity (Wildman–Crippen MR) is 134 cm³/mol. The van der Waals surface area contributed by atoms with Crippen LogP contribution in [0.3, 0.4) is 0 Å². The van der Waals surface area contributed by atoms with Crippen molar-refractivity contribution in [2.24, 2.45) is 12.0 Å². The molecule has 0 radical (unpaired) electrons. The first-order valence-corrected chi connectivity index (χ1v) is 10.9. The van der Waals surface area contributed by atoms with Crippen LogP contribution in [0.1, 0.15) is 38.1 Å². The molecular formula is C25H31N5O3. The van der Waals surface area contributed by atoms with Gasteiger partial charge in [-0.1, -0.05) is 32.1 Å². The highest BCUT2D eigenvalue weighted by atomic mass is 16.4. The number of aliphatic imine (C=N–C) groups is 1. The maximum Gasteiger partial charge on any atom is 0.328 e. The summed E-state index contributed by atoms with van der Waals surface area (Å²) in [6.07, 6.45) is 5.30. The molecule has 1 atom stereocenters. The number of hydrogen-bond donors (Lipinski definition) is 3. The number of allylic oxidation sites excluding steroid dienone is 1. The van der Waals surface area contributed by atoms with Crippen LogP contribution in [-0.2, 0) is 11.8 Å². The van der Waals surface area contributed by atoms with Gasteiger partial charge >= 0.3 is 5.97 Å². The van der Waals surface area contributed by atoms with E-state index in [9.17, 15) is 9.59 Å². The molecule has 3 N–H and O–H groups in total. The van der Waals surface area contributed by atoms with Crippen LogP contribution in [0, 0.1) is 0 Å². The number of carboxylic acid groups (broad SMARTS) is 1. The van der Waals surface area contributed by atoms with Crippen LogP contribution in [0.15, 0.2) is 65.3 Å². The van der Waals surface area contributed by atoms with Crippen molar-refractivity contribution in [1.82, 2.24) is 9.78 Å². The van der Waals surface area contributed by atoms with Crippen molar-refractivity contribution in [2.45, 2.75) is 33.7 Å². The Bertz CT molecular complexity index is 1160. The number of rotatable bonds is 8. The molecule has 0 aliphatic rings. The van der Waals surface area contributed by atoms with Gasteiger partial charge in [-0.15, -0.1) is 0 Å². The van der Waals surface area contributed by atoms with Gasteiger partial charge in [-0.3, -0.25) is 14.5 Å². The minimum atomic E-state index is -0.981. The Morgan fingerprint density at radius 1 is 1.21 bits per heavy atom. The second-order valence-electron chi connectivity index (χ2n) is 7.09. The van der Waals surface area contributed by atoms with E-state index in [-0.39, 0.29) is 5.91 Å². The summed E-state index contributed by atoms with van der Waals surface area (Å²) < 4.78 is 1.73. The lowest BCUT2D eigenvalue weighted by molar-refractivity contribution is -0.137. The molecule has 1 aromatic heterocycles. The number of hydrogen-bond acceptors (Lipinski definition) is 5. The Balaban J connectivity index is 0.00000187. The molecule has 0 saturated heterocycles. The minimum Gasteiger partial charge on any atom is -0.480 e. The summed E-state index contributed by atoms with van der Waals surface area (Å²) in [5, 5.41) is 20.5. The number of carbonyl (C=O) groups is 2. The van der Waals surface area contributed by atoms with Crippen LogP contribution < -0.4 is 10.6 Å². The third-order valence-electron chi connectivity index (χ3n) is 4.73. The normalized spacial score (nSPS) is 12.2. The molecule has 2 aromatic carbocycles. The number of para-hydroxylation sites is 1. The first-order valence-electron chi connectivity index (χ1n) is 10.9. The van der Waals surface area contributed by atoms with Gasteiger partial charge in [0.05, 0.1) is 11.1 Å². The first-order chi connectivity index (χ1) is 15.9. The van der Waals surface area contributed by atoms with Crippen molar-refractivity contribution in [3.05, 3.63) is 65.9 Å². The summed E-state index contributed by atoms with van der Waals surface area (Å²) in [5.41, 5.74) is 3.44. The highest BCUT2D eigenvalue weighted by molar-refractivity contribution is 6.08. The number of nitrogens with zero attached hydrogens (tertiary/aromatic N) is 3. The molecule has 0 spiro atoms. The van der Waals surface area contributed by atoms with Gasteiger partial charge in [-0.05, 0) is 49.8 Å². The van der Waals surface area contributed by atoms with E-state index < -0.39 is 12.0 Å². The fraction of sp³-hybridized carbons (Fsp3) is 0.280. The van der Waals surface area contributed by atoms with Crippen LogP contribution >= 0.6 is 0 Å². The van der Waals surface area contributed by atoms with E-state index in [1.54, 1.807) is 16.8 Å². The highest BCUT2D eigenvalue weighted by Gasteiger charge is 2.12. The number of anilines is 2. The molecule has 8 nitrogen and oxygen atoms in total. The summed E-state index contributed by atoms with van der Waals surface area (Å²) in [5.74, 6) is -1.22. The SMILES string of the molecule is C/C=C(\C=NC(C)C(=O)O)CNc1ccccc1C(=O)Nc1ccc2cn(C)nc2c1.CC. The van der Waals surface area contributed by atoms with Gasteiger partial charge in [0.25, 0.3) is 5.91 Å². The molecule has 1 unspecified atom stereocenters. The highest BCUT2D eigenvalue weighted by Crippen LogP contribution is 2.21. The van der Waals surface area contributed by atoms with Crippen LogP contribution in [0.2, 0.25) is 0 Å². The van der Waals surface area contributed by atoms with Crippen LogP contribution in [0.4, 0.5) is 11.4 Å². The van der Waals surface area contributed by atoms with Crippen molar-refractivity contribution in [3.8, 4) is 0 Å². The monoisotopic (exact) mass is 449 g/mol. The van der Waals surface area contributed by atoms with Crippen LogP contribution in [0.25, 0.3) is 10.9 Å². The molecule has 0 aliphatic carbocycles. The molecule has 3 aromatic rings. The van der Waals surface area contributed by atoms with E-state index >= 15 is 0 Å². The Labute approximate surface area is 194 Å². The van der Waals surface area contributed by atoms with Gasteiger partial charge in [0.2, 0.25) is 0 Å². The molecule has 33 heavy (non-hydrogen) atoms. The Morgan fingerprint density at radius 2 is 1.94 bits per heavy atom. The number of carbonyl (C=O) groups excluding carboxylic acids is 1. The molecule has 0 fully saturated rings. The number of amides is 1. The molecule has 0 bridgehead atoms. The molecular weight excluding hydrogens is 418 g/mol. The number of aromatic nitrogens is 2. The van der Waals surface area contributed by atoms with Gasteiger partial charge in [0.1, 0.15) is 6.04 Å². The quantitative estimate of drug-likeness (QED) is 0.430. The average molecular weight is 450 g/mol. The standard InChI is InChI=1S/C23H25N5O3.C2H6/c1-4-16(12-24-15(2)23(30)31)13-25-20-8-6-5-7-19(20)22(29)26-18-10-9-17-14-28(3)27-21(17)11-18;1-2/h4-12,14-15,25H,13H2,1-3H3,(H,26,29)(H,30,31);1-2H3/b16-4+,24-12?;. The lowest BCUT2D eigenvalue weighted by Gasteiger charge is -2.13. The molecule has 0 saturated carbocycles. The summed E-state index contributed by atoms with van der Waals surface area (Å²) in [4.78, 5) is 27.8. The number of aryl methyl sites for hydroxylation is 1. The van der Waals surface area contributed by atoms with E-state index in [1.807, 2.05) is 70.4 Å². The van der Waals surface area contributed by atoms with Crippen LogP contribution in [-0.4, -0.2) is 45.6 Å². The van der Waals surface area contributed by atoms with Gasteiger partial charge in [-0.2, -0.15) is 5.10 Å². The zero-order chi connectivity index (χ0) is 24.4. The van der Waals surface area contributed by atoms with E-state index in [0.717, 1.165) is 16.5 Å². The summed E-state index contributed by atoms with van der Waals surface area (Å²) in [7, 11) is 1.85. The fourth-order valence-electron chi connectivity index (χ4n) is 2.94. The summed E-state index contributed by atoms with van der Waals surface area (Å²) >= 11 is 0. The summed E-state index contributed by atoms with van der Waals surface area (Å²) in [6.45, 7) is 7.76. The number of benzene rings is 2. The second-order valence-corrected chi connectivity index (χ2v) is 7.09. The maximum absolute atomic E-state index is 12.9. The zero-order valence-electron chi connectivity index (χ0n) is 19.7. The topological polar surface area (TPSA) is 109 Å². The second kappa shape index (κ2) is 12.2. The number of aliphatic carboxylic acids is 1. The van der Waals surface area contributed by atoms with E-state index in [1.165, 1.54) is 13.1 Å². The minimum absolute atomic E-state index is 0.242. The van der Waals surface area contributed by atoms with Crippen molar-refractivity contribution >= 4 is 40.4 Å². The van der Waals surface area contributed by atoms with Crippen LogP contribution in [0.5, 0.6) is 0 Å². The number of carboxylic acids is 1. The molecule has 0 aliphatic heterocycles. The maximum atomic E-state index is 12.9. The van der Waals surface area contributed by atoms with Crippen molar-refractivity contribution in [1.29, 1.82) is 0 Å². The Kier molecular flexibility index (Phi) is 9.35. The average Bonchev–Trinajstić information content (AvgIpc) is 3.19. The van der Waals surface area contributed by atoms with E-state index in [0.29, 0.717) is 23.5 Å². The number of nitrogens with one attached hydrogen (secondary N) is 2. The molecule has 1 heterocycles. The smallest absolute Gasteiger partial charge is 0.328 e. The predicted octanol–water partition coefficient (Wildman–Crippen LogP) is 4.75. The first kappa shape index (κ1) is 25.3. The third-order valence-corrected chi connectivity index (χ3v) is 4.73. The van der Waals surface area contributed by atoms with Crippen molar-refractivity contribution < 1.29 is 14.7 Å². The van der Waals surface area contributed by atoms with Crippen molar-refractivity contribution in [2.75, 3.05) is 17.2 Å². The Hall–Kier alpha value is -3.94. The molecule has 3 rings (SSSR count). The van der Waals surface area contributed by atoms with Crippen molar-refractivity contribution in [3.63, 3.8) is 0 Å². The lowest BCUT2D eigenvalue weighted by atomic mass is 10.1. The molecule has 174 valence electrons. The van der Waals surface area contributed by atoms with Gasteiger partial charge in [0, 0.05) is 42.8 Å². The number of fused-ring (bicyclic) bond motifs is 1. The largest absolute Gasteiger partial charge is 0.480 e. The van der Waals surface area contributed by atoms with Gasteiger partial charge in [0.15, 0.2) is 0 Å². The molecule has 1 amide bonds. The fourth-order valence-corrected chi connectivity index (χ4v) is 2.94. The third kappa shape index (κ3) is 7.03. The van der Waals surface area contributed by atoms with Gasteiger partial charge in [-0.25, -0.2) is 4.79 Å². The van der Waals surface area contributed by atoms with E-state index in [4.69, 9.17) is 5.11 Å². The lowest BCUT2D eigenvalue weighted by Crippen LogP contribution is -2.17. The zero-order valence-corrected chi connectivity index (χ0v) is 19.7. The van der Waals surface area contributed by atoms with E-state index in [2.05, 4.69) is 20.7 Å². The summed E-state index contributed by atoms with van der Waals surface area (Å²) in [6, 6.07) is 12.0.